The van der Waals surface area contributed by atoms with Crippen molar-refractivity contribution >= 4 is 39.2 Å². The van der Waals surface area contributed by atoms with Gasteiger partial charge in [-0.3, -0.25) is 4.79 Å². The molecule has 0 aliphatic carbocycles. The number of methoxy groups -OCH3 is 1. The molecule has 3 rings (SSSR count). The molecule has 1 N–H and O–H groups in total. The molecule has 1 aliphatic rings. The lowest BCUT2D eigenvalue weighted by atomic mass is 10.2. The van der Waals surface area contributed by atoms with Crippen LogP contribution in [0.15, 0.2) is 41.3 Å². The Morgan fingerprint density at radius 3 is 2.50 bits per heavy atom. The monoisotopic (exact) mass is 480 g/mol. The van der Waals surface area contributed by atoms with Gasteiger partial charge < -0.3 is 14.8 Å². The highest BCUT2D eigenvalue weighted by Crippen LogP contribution is 2.27. The summed E-state index contributed by atoms with van der Waals surface area (Å²) in [6.45, 7) is 2.16. The van der Waals surface area contributed by atoms with E-state index in [9.17, 15) is 18.0 Å². The van der Waals surface area contributed by atoms with Gasteiger partial charge in [-0.05, 0) is 55.7 Å². The van der Waals surface area contributed by atoms with E-state index in [1.54, 1.807) is 12.1 Å². The summed E-state index contributed by atoms with van der Waals surface area (Å²) in [6.07, 6.45) is 2.58. The van der Waals surface area contributed by atoms with Crippen molar-refractivity contribution in [2.45, 2.75) is 31.1 Å². The first-order chi connectivity index (χ1) is 15.2. The minimum atomic E-state index is -3.74. The number of piperidine rings is 1. The number of ether oxygens (including phenoxy) is 2. The predicted molar refractivity (Wildman–Crippen MR) is 121 cm³/mol. The van der Waals surface area contributed by atoms with Crippen molar-refractivity contribution in [3.8, 4) is 5.75 Å². The molecular formula is C22H25ClN2O6S. The van der Waals surface area contributed by atoms with Gasteiger partial charge in [-0.25, -0.2) is 13.2 Å². The lowest BCUT2D eigenvalue weighted by Gasteiger charge is -2.26. The van der Waals surface area contributed by atoms with E-state index in [-0.39, 0.29) is 15.5 Å². The van der Waals surface area contributed by atoms with Crippen LogP contribution in [0.3, 0.4) is 0 Å². The van der Waals surface area contributed by atoms with Crippen LogP contribution in [0.4, 0.5) is 5.69 Å². The second-order valence-corrected chi connectivity index (χ2v) is 9.78. The Morgan fingerprint density at radius 2 is 1.81 bits per heavy atom. The van der Waals surface area contributed by atoms with Crippen LogP contribution in [0.1, 0.15) is 35.2 Å². The van der Waals surface area contributed by atoms with Gasteiger partial charge in [-0.15, -0.1) is 0 Å². The van der Waals surface area contributed by atoms with Crippen molar-refractivity contribution in [2.75, 3.05) is 32.1 Å². The Bertz CT molecular complexity index is 1110. The second-order valence-electron chi connectivity index (χ2n) is 7.43. The summed E-state index contributed by atoms with van der Waals surface area (Å²) in [6, 6.07) is 9.17. The third-order valence-electron chi connectivity index (χ3n) is 5.07. The maximum Gasteiger partial charge on any atom is 0.340 e. The number of esters is 1. The van der Waals surface area contributed by atoms with E-state index in [0.717, 1.165) is 24.8 Å². The number of anilines is 1. The molecule has 10 heteroatoms. The Kier molecular flexibility index (Phi) is 7.76. The number of halogens is 1. The van der Waals surface area contributed by atoms with Crippen LogP contribution in [-0.2, 0) is 19.6 Å². The number of carbonyl (C=O) groups excluding carboxylic acids is 2. The van der Waals surface area contributed by atoms with E-state index < -0.39 is 28.5 Å². The third kappa shape index (κ3) is 5.59. The first kappa shape index (κ1) is 24.0. The van der Waals surface area contributed by atoms with E-state index in [4.69, 9.17) is 21.1 Å². The minimum absolute atomic E-state index is 0.0355. The zero-order valence-electron chi connectivity index (χ0n) is 17.9. The molecule has 1 amide bonds. The highest BCUT2D eigenvalue weighted by atomic mass is 35.5. The molecular weight excluding hydrogens is 456 g/mol. The van der Waals surface area contributed by atoms with Crippen LogP contribution in [0, 0.1) is 6.92 Å². The van der Waals surface area contributed by atoms with Crippen molar-refractivity contribution in [1.82, 2.24) is 4.31 Å². The van der Waals surface area contributed by atoms with Gasteiger partial charge in [-0.2, -0.15) is 4.31 Å². The van der Waals surface area contributed by atoms with Gasteiger partial charge in [0.15, 0.2) is 6.61 Å². The van der Waals surface area contributed by atoms with E-state index in [0.29, 0.717) is 24.5 Å². The topological polar surface area (TPSA) is 102 Å². The number of carbonyl (C=O) groups is 2. The molecule has 172 valence electrons. The molecule has 2 aromatic carbocycles. The maximum atomic E-state index is 12.9. The van der Waals surface area contributed by atoms with Crippen LogP contribution >= 0.6 is 11.6 Å². The average molecular weight is 481 g/mol. The van der Waals surface area contributed by atoms with Gasteiger partial charge in [0.05, 0.1) is 28.3 Å². The summed E-state index contributed by atoms with van der Waals surface area (Å²) >= 11 is 6.10. The normalized spacial score (nSPS) is 14.6. The molecule has 8 nitrogen and oxygen atoms in total. The number of benzene rings is 2. The van der Waals surface area contributed by atoms with Crippen molar-refractivity contribution in [3.63, 3.8) is 0 Å². The van der Waals surface area contributed by atoms with E-state index in [1.807, 2.05) is 13.0 Å². The van der Waals surface area contributed by atoms with Gasteiger partial charge in [0.2, 0.25) is 10.0 Å². The van der Waals surface area contributed by atoms with Crippen molar-refractivity contribution in [3.05, 3.63) is 52.5 Å². The molecule has 0 aromatic heterocycles. The fourth-order valence-electron chi connectivity index (χ4n) is 3.39. The molecule has 1 heterocycles. The Labute approximate surface area is 192 Å². The SMILES string of the molecule is COc1ccc(C)cc1NC(=O)COC(=O)c1cc(S(=O)(=O)N2CCCCC2)ccc1Cl. The molecule has 1 aliphatic heterocycles. The zero-order valence-corrected chi connectivity index (χ0v) is 19.5. The van der Waals surface area contributed by atoms with Crippen LogP contribution in [0.25, 0.3) is 0 Å². The van der Waals surface area contributed by atoms with E-state index in [1.165, 1.54) is 29.6 Å². The summed E-state index contributed by atoms with van der Waals surface area (Å²) in [7, 11) is -2.27. The molecule has 32 heavy (non-hydrogen) atoms. The minimum Gasteiger partial charge on any atom is -0.495 e. The van der Waals surface area contributed by atoms with Crippen molar-refractivity contribution in [2.24, 2.45) is 0 Å². The Balaban J connectivity index is 1.69. The molecule has 0 bridgehead atoms. The van der Waals surface area contributed by atoms with Gasteiger partial charge in [0, 0.05) is 13.1 Å². The highest BCUT2D eigenvalue weighted by molar-refractivity contribution is 7.89. The molecule has 0 spiro atoms. The second kappa shape index (κ2) is 10.3. The number of aryl methyl sites for hydroxylation is 1. The number of amides is 1. The van der Waals surface area contributed by atoms with Gasteiger partial charge >= 0.3 is 5.97 Å². The molecule has 0 unspecified atom stereocenters. The maximum absolute atomic E-state index is 12.9. The lowest BCUT2D eigenvalue weighted by Crippen LogP contribution is -2.35. The first-order valence-electron chi connectivity index (χ1n) is 10.1. The molecule has 1 fully saturated rings. The van der Waals surface area contributed by atoms with Crippen molar-refractivity contribution in [1.29, 1.82) is 0 Å². The first-order valence-corrected chi connectivity index (χ1v) is 12.0. The van der Waals surface area contributed by atoms with Gasteiger partial charge in [0.1, 0.15) is 5.75 Å². The number of nitrogens with zero attached hydrogens (tertiary/aromatic N) is 1. The molecule has 0 atom stereocenters. The van der Waals surface area contributed by atoms with Gasteiger partial charge in [-0.1, -0.05) is 24.1 Å². The van der Waals surface area contributed by atoms with Crippen molar-refractivity contribution < 1.29 is 27.5 Å². The number of sulfonamides is 1. The fraction of sp³-hybridized carbons (Fsp3) is 0.364. The predicted octanol–water partition coefficient (Wildman–Crippen LogP) is 3.63. The van der Waals surface area contributed by atoms with Crippen LogP contribution in [-0.4, -0.2) is 51.4 Å². The average Bonchev–Trinajstić information content (AvgIpc) is 2.78. The summed E-state index contributed by atoms with van der Waals surface area (Å²) in [5.74, 6) is -0.999. The van der Waals surface area contributed by atoms with Crippen LogP contribution in [0.5, 0.6) is 5.75 Å². The van der Waals surface area contributed by atoms with Crippen LogP contribution < -0.4 is 10.1 Å². The molecule has 0 radical (unpaired) electrons. The summed E-state index contributed by atoms with van der Waals surface area (Å²) in [4.78, 5) is 24.8. The number of rotatable bonds is 7. The number of hydrogen-bond acceptors (Lipinski definition) is 6. The molecule has 1 saturated heterocycles. The highest BCUT2D eigenvalue weighted by Gasteiger charge is 2.27. The van der Waals surface area contributed by atoms with E-state index >= 15 is 0 Å². The molecule has 0 saturated carbocycles. The number of nitrogens with one attached hydrogen (secondary N) is 1. The molecule has 2 aromatic rings. The smallest absolute Gasteiger partial charge is 0.340 e. The number of hydrogen-bond donors (Lipinski definition) is 1. The lowest BCUT2D eigenvalue weighted by molar-refractivity contribution is -0.119. The van der Waals surface area contributed by atoms with Crippen LogP contribution in [0.2, 0.25) is 5.02 Å². The van der Waals surface area contributed by atoms with Gasteiger partial charge in [0.25, 0.3) is 5.91 Å². The largest absolute Gasteiger partial charge is 0.495 e. The summed E-state index contributed by atoms with van der Waals surface area (Å²) in [5, 5.41) is 2.66. The third-order valence-corrected chi connectivity index (χ3v) is 7.30. The van der Waals surface area contributed by atoms with E-state index in [2.05, 4.69) is 5.32 Å². The summed E-state index contributed by atoms with van der Waals surface area (Å²) < 4.78 is 37.5. The fourth-order valence-corrected chi connectivity index (χ4v) is 5.13. The summed E-state index contributed by atoms with van der Waals surface area (Å²) in [5.41, 5.74) is 1.24. The zero-order chi connectivity index (χ0) is 23.3. The standard InChI is InChI=1S/C22H25ClN2O6S/c1-15-6-9-20(30-2)19(12-15)24-21(26)14-31-22(27)17-13-16(7-8-18(17)23)32(28,29)25-10-4-3-5-11-25/h6-9,12-13H,3-5,10-11,14H2,1-2H3,(H,24,26). The quantitative estimate of drug-likeness (QED) is 0.607. The Hall–Kier alpha value is -2.62. The Morgan fingerprint density at radius 1 is 1.09 bits per heavy atom.